The van der Waals surface area contributed by atoms with E-state index in [1.165, 1.54) is 0 Å². The highest BCUT2D eigenvalue weighted by atomic mass is 16.5. The normalized spacial score (nSPS) is 13.7. The van der Waals surface area contributed by atoms with E-state index >= 15 is 0 Å². The van der Waals surface area contributed by atoms with Gasteiger partial charge in [0.1, 0.15) is 0 Å². The molecule has 56 valence electrons. The molecule has 3 N–H and O–H groups in total. The van der Waals surface area contributed by atoms with Gasteiger partial charge in [0.25, 0.3) is 0 Å². The summed E-state index contributed by atoms with van der Waals surface area (Å²) in [5.74, 6) is 0. The molecule has 0 aromatic carbocycles. The van der Waals surface area contributed by atoms with Gasteiger partial charge in [-0.15, -0.1) is 0 Å². The van der Waals surface area contributed by atoms with Crippen molar-refractivity contribution in [3.63, 3.8) is 0 Å². The van der Waals surface area contributed by atoms with Gasteiger partial charge in [-0.1, -0.05) is 13.8 Å². The number of rotatable bonds is 5. The van der Waals surface area contributed by atoms with Crippen LogP contribution in [0.25, 0.3) is 0 Å². The molecule has 3 nitrogen and oxygen atoms in total. The quantitative estimate of drug-likeness (QED) is 0.381. The Morgan fingerprint density at radius 3 is 2.44 bits per heavy atom. The summed E-state index contributed by atoms with van der Waals surface area (Å²) in [4.78, 5) is 0. The predicted molar refractivity (Wildman–Crippen MR) is 37.3 cm³/mol. The minimum Gasteiger partial charge on any atom is -0.315 e. The second-order valence-electron chi connectivity index (χ2n) is 2.04. The van der Waals surface area contributed by atoms with E-state index in [4.69, 9.17) is 5.21 Å². The van der Waals surface area contributed by atoms with Crippen LogP contribution in [0.15, 0.2) is 0 Å². The Labute approximate surface area is 56.4 Å². The van der Waals surface area contributed by atoms with Crippen LogP contribution in [0.3, 0.4) is 0 Å². The Balaban J connectivity index is 3.09. The van der Waals surface area contributed by atoms with Gasteiger partial charge in [-0.3, -0.25) is 0 Å². The molecular weight excluding hydrogens is 116 g/mol. The predicted octanol–water partition coefficient (Wildman–Crippen LogP) is 0.701. The molecule has 9 heavy (non-hydrogen) atoms. The molecule has 3 heteroatoms. The summed E-state index contributed by atoms with van der Waals surface area (Å²) >= 11 is 0. The highest BCUT2D eigenvalue weighted by Gasteiger charge is 1.98. The summed E-state index contributed by atoms with van der Waals surface area (Å²) < 4.78 is 0. The van der Waals surface area contributed by atoms with Crippen LogP contribution in [0.2, 0.25) is 0 Å². The molecule has 0 rings (SSSR count). The average molecular weight is 132 g/mol. The molecule has 0 saturated heterocycles. The van der Waals surface area contributed by atoms with E-state index in [0.29, 0.717) is 0 Å². The van der Waals surface area contributed by atoms with E-state index in [0.717, 1.165) is 19.4 Å². The smallest absolute Gasteiger partial charge is 0.0807 e. The second-order valence-corrected chi connectivity index (χ2v) is 2.04. The topological polar surface area (TPSA) is 44.3 Å². The first-order chi connectivity index (χ1) is 4.35. The van der Waals surface area contributed by atoms with Gasteiger partial charge in [-0.05, 0) is 19.4 Å². The molecule has 0 radical (unpaired) electrons. The number of hydroxylamine groups is 1. The monoisotopic (exact) mass is 132 g/mol. The van der Waals surface area contributed by atoms with Gasteiger partial charge in [0, 0.05) is 0 Å². The lowest BCUT2D eigenvalue weighted by atomic mass is 10.3. The van der Waals surface area contributed by atoms with Crippen LogP contribution in [0, 0.1) is 0 Å². The van der Waals surface area contributed by atoms with E-state index in [9.17, 15) is 0 Å². The second kappa shape index (κ2) is 6.01. The Bertz CT molecular complexity index is 55.0. The fourth-order valence-corrected chi connectivity index (χ4v) is 0.600. The minimum absolute atomic E-state index is 0.0601. The lowest BCUT2D eigenvalue weighted by Gasteiger charge is -2.12. The molecule has 0 bridgehead atoms. The molecule has 1 unspecified atom stereocenters. The largest absolute Gasteiger partial charge is 0.315 e. The molecule has 0 aliphatic carbocycles. The van der Waals surface area contributed by atoms with Crippen LogP contribution in [-0.2, 0) is 0 Å². The van der Waals surface area contributed by atoms with E-state index in [1.807, 2.05) is 6.92 Å². The molecule has 0 aliphatic rings. The fraction of sp³-hybridized carbons (Fsp3) is 1.00. The molecule has 0 aromatic heterocycles. The first kappa shape index (κ1) is 8.88. The minimum atomic E-state index is 0.0601. The van der Waals surface area contributed by atoms with Crippen molar-refractivity contribution in [3.05, 3.63) is 0 Å². The molecule has 0 spiro atoms. The zero-order valence-corrected chi connectivity index (χ0v) is 6.15. The van der Waals surface area contributed by atoms with Crippen molar-refractivity contribution in [1.82, 2.24) is 10.8 Å². The van der Waals surface area contributed by atoms with Gasteiger partial charge in [-0.25, -0.2) is 0 Å². The van der Waals surface area contributed by atoms with E-state index < -0.39 is 0 Å². The first-order valence-corrected chi connectivity index (χ1v) is 3.48. The summed E-state index contributed by atoms with van der Waals surface area (Å²) in [5.41, 5.74) is 2.18. The van der Waals surface area contributed by atoms with Crippen molar-refractivity contribution in [1.29, 1.82) is 0 Å². The van der Waals surface area contributed by atoms with E-state index in [2.05, 4.69) is 17.7 Å². The molecule has 1 atom stereocenters. The van der Waals surface area contributed by atoms with Crippen molar-refractivity contribution in [2.75, 3.05) is 6.54 Å². The maximum atomic E-state index is 8.44. The Morgan fingerprint density at radius 1 is 1.44 bits per heavy atom. The van der Waals surface area contributed by atoms with Gasteiger partial charge in [0.15, 0.2) is 0 Å². The van der Waals surface area contributed by atoms with Crippen LogP contribution in [0.4, 0.5) is 0 Å². The summed E-state index contributed by atoms with van der Waals surface area (Å²) in [6.45, 7) is 5.06. The lowest BCUT2D eigenvalue weighted by Crippen LogP contribution is -2.40. The third-order valence-corrected chi connectivity index (χ3v) is 1.20. The number of hydrogen-bond acceptors (Lipinski definition) is 3. The SMILES string of the molecule is CCCNC(CC)NO. The standard InChI is InChI=1S/C6H16N2O/c1-3-5-7-6(4-2)8-9/h6-9H,3-5H2,1-2H3. The van der Waals surface area contributed by atoms with Crippen LogP contribution < -0.4 is 10.8 Å². The maximum absolute atomic E-state index is 8.44. The zero-order chi connectivity index (χ0) is 7.11. The van der Waals surface area contributed by atoms with Crippen molar-refractivity contribution in [2.24, 2.45) is 0 Å². The molecule has 0 saturated carbocycles. The van der Waals surface area contributed by atoms with Crippen molar-refractivity contribution >= 4 is 0 Å². The highest BCUT2D eigenvalue weighted by molar-refractivity contribution is 4.54. The highest BCUT2D eigenvalue weighted by Crippen LogP contribution is 1.83. The van der Waals surface area contributed by atoms with Crippen molar-refractivity contribution in [2.45, 2.75) is 32.9 Å². The van der Waals surface area contributed by atoms with Gasteiger partial charge in [0.2, 0.25) is 0 Å². The first-order valence-electron chi connectivity index (χ1n) is 3.48. The Kier molecular flexibility index (Phi) is 5.93. The summed E-state index contributed by atoms with van der Waals surface area (Å²) in [6.07, 6.45) is 2.05. The number of nitrogens with one attached hydrogen (secondary N) is 2. The van der Waals surface area contributed by atoms with E-state index in [-0.39, 0.29) is 6.17 Å². The molecule has 0 fully saturated rings. The Hall–Kier alpha value is -0.120. The molecular formula is C6H16N2O. The summed E-state index contributed by atoms with van der Waals surface area (Å²) in [5, 5.41) is 11.5. The van der Waals surface area contributed by atoms with Crippen molar-refractivity contribution in [3.8, 4) is 0 Å². The molecule has 0 aromatic rings. The fourth-order valence-electron chi connectivity index (χ4n) is 0.600. The molecule has 0 amide bonds. The summed E-state index contributed by atoms with van der Waals surface area (Å²) in [7, 11) is 0. The third kappa shape index (κ3) is 4.39. The van der Waals surface area contributed by atoms with Crippen molar-refractivity contribution < 1.29 is 5.21 Å². The van der Waals surface area contributed by atoms with Gasteiger partial charge < -0.3 is 10.5 Å². The van der Waals surface area contributed by atoms with Crippen LogP contribution in [0.1, 0.15) is 26.7 Å². The van der Waals surface area contributed by atoms with Gasteiger partial charge in [0.05, 0.1) is 6.17 Å². The maximum Gasteiger partial charge on any atom is 0.0807 e. The summed E-state index contributed by atoms with van der Waals surface area (Å²) in [6, 6.07) is 0. The number of hydrogen-bond donors (Lipinski definition) is 3. The lowest BCUT2D eigenvalue weighted by molar-refractivity contribution is 0.108. The zero-order valence-electron chi connectivity index (χ0n) is 6.15. The Morgan fingerprint density at radius 2 is 2.11 bits per heavy atom. The van der Waals surface area contributed by atoms with E-state index in [1.54, 1.807) is 0 Å². The van der Waals surface area contributed by atoms with Crippen LogP contribution >= 0.6 is 0 Å². The molecule has 0 heterocycles. The van der Waals surface area contributed by atoms with Crippen LogP contribution in [0.5, 0.6) is 0 Å². The molecule has 0 aliphatic heterocycles. The van der Waals surface area contributed by atoms with Crippen LogP contribution in [-0.4, -0.2) is 17.9 Å². The third-order valence-electron chi connectivity index (χ3n) is 1.20. The average Bonchev–Trinajstić information content (AvgIpc) is 1.91. The van der Waals surface area contributed by atoms with Gasteiger partial charge >= 0.3 is 0 Å². The van der Waals surface area contributed by atoms with Gasteiger partial charge in [-0.2, -0.15) is 5.48 Å².